The normalized spacial score (nSPS) is 11.4. The molecule has 0 amide bonds. The highest BCUT2D eigenvalue weighted by molar-refractivity contribution is 7.86. The Bertz CT molecular complexity index is 900. The zero-order chi connectivity index (χ0) is 19.3. The molecule has 0 aliphatic rings. The fourth-order valence-electron chi connectivity index (χ4n) is 2.13. The summed E-state index contributed by atoms with van der Waals surface area (Å²) in [5.41, 5.74) is -0.267. The van der Waals surface area contributed by atoms with Gasteiger partial charge < -0.3 is 9.47 Å². The van der Waals surface area contributed by atoms with Gasteiger partial charge in [-0.2, -0.15) is 8.42 Å². The molecular weight excluding hydrogens is 368 g/mol. The summed E-state index contributed by atoms with van der Waals surface area (Å²) in [6.07, 6.45) is 0. The van der Waals surface area contributed by atoms with Gasteiger partial charge in [0, 0.05) is 17.7 Å². The van der Waals surface area contributed by atoms with Gasteiger partial charge in [0.15, 0.2) is 4.90 Å². The summed E-state index contributed by atoms with van der Waals surface area (Å²) < 4.78 is 39.2. The molecular formula is C15H16N2O8S. The maximum atomic E-state index is 12.2. The minimum absolute atomic E-state index is 0.0520. The zero-order valence-electron chi connectivity index (χ0n) is 13.9. The standard InChI is InChI=1S/C15H16N2O8S/c1-23-12-8-7-11(14(9-12)24-2)10-16(18)25-26(21,22)15-6-4-3-5-13(15)17(19)20/h3-9,18H,10H2,1-2H3. The number of ether oxygens (including phenoxy) is 2. The molecule has 0 aliphatic heterocycles. The number of hydroxylamine groups is 2. The quantitative estimate of drug-likeness (QED) is 0.537. The molecule has 2 aromatic rings. The van der Waals surface area contributed by atoms with E-state index in [1.54, 1.807) is 18.2 Å². The van der Waals surface area contributed by atoms with Gasteiger partial charge in [-0.1, -0.05) is 18.2 Å². The van der Waals surface area contributed by atoms with Crippen LogP contribution in [0, 0.1) is 10.1 Å². The Morgan fingerprint density at radius 2 is 1.85 bits per heavy atom. The van der Waals surface area contributed by atoms with Crippen LogP contribution in [0.3, 0.4) is 0 Å². The number of benzene rings is 2. The van der Waals surface area contributed by atoms with Crippen molar-refractivity contribution in [2.24, 2.45) is 0 Å². The monoisotopic (exact) mass is 384 g/mol. The second-order valence-corrected chi connectivity index (χ2v) is 6.44. The summed E-state index contributed by atoms with van der Waals surface area (Å²) in [5.74, 6) is 0.832. The maximum absolute atomic E-state index is 12.2. The number of nitrogens with zero attached hydrogens (tertiary/aromatic N) is 2. The van der Waals surface area contributed by atoms with Gasteiger partial charge in [0.25, 0.3) is 5.69 Å². The van der Waals surface area contributed by atoms with Crippen LogP contribution in [0.2, 0.25) is 0 Å². The summed E-state index contributed by atoms with van der Waals surface area (Å²) in [6, 6.07) is 9.32. The van der Waals surface area contributed by atoms with E-state index in [1.807, 2.05) is 0 Å². The molecule has 1 N–H and O–H groups in total. The van der Waals surface area contributed by atoms with E-state index in [-0.39, 0.29) is 11.8 Å². The molecule has 0 spiro atoms. The second kappa shape index (κ2) is 8.10. The predicted molar refractivity (Wildman–Crippen MR) is 88.2 cm³/mol. The van der Waals surface area contributed by atoms with E-state index in [0.717, 1.165) is 12.1 Å². The molecule has 0 aromatic heterocycles. The predicted octanol–water partition coefficient (Wildman–Crippen LogP) is 2.12. The molecule has 26 heavy (non-hydrogen) atoms. The van der Waals surface area contributed by atoms with Crippen LogP contribution in [0.1, 0.15) is 5.56 Å². The van der Waals surface area contributed by atoms with E-state index in [1.165, 1.54) is 26.4 Å². The molecule has 2 rings (SSSR count). The topological polar surface area (TPSA) is 128 Å². The van der Waals surface area contributed by atoms with Crippen LogP contribution in [0.5, 0.6) is 11.5 Å². The Hall–Kier alpha value is -2.73. The van der Waals surface area contributed by atoms with Crippen molar-refractivity contribution in [2.45, 2.75) is 11.4 Å². The minimum Gasteiger partial charge on any atom is -0.497 e. The highest BCUT2D eigenvalue weighted by Gasteiger charge is 2.28. The van der Waals surface area contributed by atoms with Crippen molar-refractivity contribution >= 4 is 15.8 Å². The number of nitro groups is 1. The maximum Gasteiger partial charge on any atom is 0.321 e. The molecule has 2 aromatic carbocycles. The Morgan fingerprint density at radius 3 is 2.46 bits per heavy atom. The summed E-state index contributed by atoms with van der Waals surface area (Å²) in [4.78, 5) is 9.44. The Labute approximate surface area is 149 Å². The third-order valence-corrected chi connectivity index (χ3v) is 4.57. The number of hydrogen-bond acceptors (Lipinski definition) is 9. The Morgan fingerprint density at radius 1 is 1.15 bits per heavy atom. The highest BCUT2D eigenvalue weighted by atomic mass is 32.2. The molecule has 140 valence electrons. The van der Waals surface area contributed by atoms with Crippen molar-refractivity contribution in [2.75, 3.05) is 14.2 Å². The van der Waals surface area contributed by atoms with Crippen molar-refractivity contribution < 1.29 is 32.3 Å². The van der Waals surface area contributed by atoms with Gasteiger partial charge in [-0.05, 0) is 17.4 Å². The lowest BCUT2D eigenvalue weighted by atomic mass is 10.2. The van der Waals surface area contributed by atoms with Crippen LogP contribution < -0.4 is 9.47 Å². The van der Waals surface area contributed by atoms with Gasteiger partial charge in [-0.3, -0.25) is 15.3 Å². The molecule has 0 atom stereocenters. The van der Waals surface area contributed by atoms with Gasteiger partial charge in [0.2, 0.25) is 0 Å². The van der Waals surface area contributed by atoms with Crippen molar-refractivity contribution in [1.82, 2.24) is 5.23 Å². The van der Waals surface area contributed by atoms with E-state index in [4.69, 9.17) is 9.47 Å². The van der Waals surface area contributed by atoms with E-state index in [2.05, 4.69) is 4.28 Å². The number of para-hydroxylation sites is 1. The van der Waals surface area contributed by atoms with Gasteiger partial charge in [-0.15, -0.1) is 4.28 Å². The average Bonchev–Trinajstić information content (AvgIpc) is 2.61. The van der Waals surface area contributed by atoms with Crippen LogP contribution in [0.15, 0.2) is 47.4 Å². The van der Waals surface area contributed by atoms with Crippen LogP contribution in [-0.4, -0.2) is 38.0 Å². The van der Waals surface area contributed by atoms with Crippen molar-refractivity contribution in [1.29, 1.82) is 0 Å². The van der Waals surface area contributed by atoms with Gasteiger partial charge in [-0.25, -0.2) is 0 Å². The van der Waals surface area contributed by atoms with Gasteiger partial charge >= 0.3 is 10.1 Å². The number of nitro benzene ring substituents is 1. The summed E-state index contributed by atoms with van der Waals surface area (Å²) in [7, 11) is -1.76. The molecule has 0 radical (unpaired) electrons. The lowest BCUT2D eigenvalue weighted by Crippen LogP contribution is -2.24. The molecule has 10 nitrogen and oxygen atoms in total. The second-order valence-electron chi connectivity index (χ2n) is 4.94. The smallest absolute Gasteiger partial charge is 0.321 e. The first-order valence-electron chi connectivity index (χ1n) is 7.14. The molecule has 0 unspecified atom stereocenters. The first-order valence-corrected chi connectivity index (χ1v) is 8.54. The molecule has 0 saturated heterocycles. The third-order valence-electron chi connectivity index (χ3n) is 3.32. The number of methoxy groups -OCH3 is 2. The largest absolute Gasteiger partial charge is 0.497 e. The lowest BCUT2D eigenvalue weighted by Gasteiger charge is -2.16. The molecule has 0 fully saturated rings. The fraction of sp³-hybridized carbons (Fsp3) is 0.200. The van der Waals surface area contributed by atoms with E-state index >= 15 is 0 Å². The average molecular weight is 384 g/mol. The van der Waals surface area contributed by atoms with Crippen molar-refractivity contribution in [3.63, 3.8) is 0 Å². The molecule has 11 heteroatoms. The van der Waals surface area contributed by atoms with Crippen LogP contribution in [-0.2, 0) is 20.9 Å². The van der Waals surface area contributed by atoms with Gasteiger partial charge in [0.1, 0.15) is 11.5 Å². The van der Waals surface area contributed by atoms with E-state index in [0.29, 0.717) is 17.1 Å². The SMILES string of the molecule is COc1ccc(CN(O)OS(=O)(=O)c2ccccc2[N+](=O)[O-])c(OC)c1. The summed E-state index contributed by atoms with van der Waals surface area (Å²) in [5, 5.41) is 20.9. The van der Waals surface area contributed by atoms with Crippen molar-refractivity contribution in [3.05, 3.63) is 58.1 Å². The molecule has 0 aliphatic carbocycles. The summed E-state index contributed by atoms with van der Waals surface area (Å²) in [6.45, 7) is -0.382. The molecule has 0 saturated carbocycles. The fourth-order valence-corrected chi connectivity index (χ4v) is 3.13. The third kappa shape index (κ3) is 4.46. The number of hydrogen-bond donors (Lipinski definition) is 1. The highest BCUT2D eigenvalue weighted by Crippen LogP contribution is 2.28. The van der Waals surface area contributed by atoms with Crippen LogP contribution in [0.4, 0.5) is 5.69 Å². The zero-order valence-corrected chi connectivity index (χ0v) is 14.7. The Kier molecular flexibility index (Phi) is 6.10. The van der Waals surface area contributed by atoms with E-state index in [9.17, 15) is 23.7 Å². The van der Waals surface area contributed by atoms with E-state index < -0.39 is 25.6 Å². The Balaban J connectivity index is 2.22. The number of rotatable bonds is 8. The first-order chi connectivity index (χ1) is 12.3. The first kappa shape index (κ1) is 19.6. The summed E-state index contributed by atoms with van der Waals surface area (Å²) >= 11 is 0. The molecule has 0 heterocycles. The van der Waals surface area contributed by atoms with Crippen LogP contribution >= 0.6 is 0 Å². The lowest BCUT2D eigenvalue weighted by molar-refractivity contribution is -0.388. The van der Waals surface area contributed by atoms with Gasteiger partial charge in [0.05, 0.1) is 25.7 Å². The van der Waals surface area contributed by atoms with Crippen molar-refractivity contribution in [3.8, 4) is 11.5 Å². The molecule has 0 bridgehead atoms. The minimum atomic E-state index is -4.62. The van der Waals surface area contributed by atoms with Crippen LogP contribution in [0.25, 0.3) is 0 Å².